The molecule has 0 radical (unpaired) electrons. The van der Waals surface area contributed by atoms with Crippen molar-refractivity contribution in [3.63, 3.8) is 0 Å². The Balaban J connectivity index is 1.86. The average Bonchev–Trinajstić information content (AvgIpc) is 3.15. The van der Waals surface area contributed by atoms with Gasteiger partial charge in [-0.05, 0) is 35.4 Å². The number of anilines is 1. The molecule has 4 N–H and O–H groups in total. The molecule has 1 aromatic carbocycles. The average molecular weight is 391 g/mol. The van der Waals surface area contributed by atoms with Crippen molar-refractivity contribution in [2.45, 2.75) is 18.5 Å². The molecule has 0 bridgehead atoms. The first kappa shape index (κ1) is 18.8. The fourth-order valence-corrected chi connectivity index (χ4v) is 3.61. The van der Waals surface area contributed by atoms with Crippen LogP contribution in [-0.4, -0.2) is 25.4 Å². The minimum atomic E-state index is -1.07. The summed E-state index contributed by atoms with van der Waals surface area (Å²) in [5.41, 5.74) is 15.0. The van der Waals surface area contributed by atoms with Gasteiger partial charge in [-0.2, -0.15) is 5.10 Å². The summed E-state index contributed by atoms with van der Waals surface area (Å²) in [6.07, 6.45) is 12.2. The zero-order valence-corrected chi connectivity index (χ0v) is 16.2. The SMILES string of the molecule is CC(c1ccc(F)cc1)C1(N)C=C(c2cnn(C)c2)C=C(N)N1c1cnccn1. The Morgan fingerprint density at radius 1 is 1.14 bits per heavy atom. The van der Waals surface area contributed by atoms with E-state index in [1.54, 1.807) is 46.5 Å². The summed E-state index contributed by atoms with van der Waals surface area (Å²) in [7, 11) is 1.85. The van der Waals surface area contributed by atoms with E-state index in [0.717, 1.165) is 16.7 Å². The zero-order valence-electron chi connectivity index (χ0n) is 16.2. The number of nitrogens with two attached hydrogens (primary N) is 2. The summed E-state index contributed by atoms with van der Waals surface area (Å²) in [5.74, 6) is 0.416. The van der Waals surface area contributed by atoms with Gasteiger partial charge >= 0.3 is 0 Å². The second kappa shape index (κ2) is 7.14. The van der Waals surface area contributed by atoms with Crippen molar-refractivity contribution in [2.24, 2.45) is 18.5 Å². The van der Waals surface area contributed by atoms with E-state index in [1.807, 2.05) is 32.3 Å². The van der Waals surface area contributed by atoms with Crippen LogP contribution in [0, 0.1) is 5.82 Å². The first-order valence-electron chi connectivity index (χ1n) is 9.18. The van der Waals surface area contributed by atoms with Crippen LogP contribution in [0.15, 0.2) is 73.2 Å². The highest BCUT2D eigenvalue weighted by Crippen LogP contribution is 2.40. The van der Waals surface area contributed by atoms with Crippen LogP contribution in [-0.2, 0) is 7.05 Å². The second-order valence-electron chi connectivity index (χ2n) is 7.13. The molecule has 3 heterocycles. The maximum Gasteiger partial charge on any atom is 0.154 e. The van der Waals surface area contributed by atoms with Crippen LogP contribution in [0.2, 0.25) is 0 Å². The monoisotopic (exact) mass is 391 g/mol. The van der Waals surface area contributed by atoms with Crippen molar-refractivity contribution in [3.05, 3.63) is 90.2 Å². The van der Waals surface area contributed by atoms with Gasteiger partial charge in [-0.25, -0.2) is 9.37 Å². The van der Waals surface area contributed by atoms with Gasteiger partial charge in [0.1, 0.15) is 17.3 Å². The quantitative estimate of drug-likeness (QED) is 0.709. The molecule has 148 valence electrons. The minimum absolute atomic E-state index is 0.246. The number of aromatic nitrogens is 4. The maximum absolute atomic E-state index is 13.5. The third kappa shape index (κ3) is 3.38. The molecule has 0 fully saturated rings. The van der Waals surface area contributed by atoms with Gasteiger partial charge in [-0.1, -0.05) is 19.1 Å². The predicted molar refractivity (Wildman–Crippen MR) is 110 cm³/mol. The largest absolute Gasteiger partial charge is 0.385 e. The number of allylic oxidation sites excluding steroid dienone is 2. The van der Waals surface area contributed by atoms with E-state index in [2.05, 4.69) is 15.1 Å². The normalized spacial score (nSPS) is 20.2. The highest BCUT2D eigenvalue weighted by molar-refractivity contribution is 5.79. The number of hydrogen-bond acceptors (Lipinski definition) is 6. The lowest BCUT2D eigenvalue weighted by molar-refractivity contribution is 0.433. The van der Waals surface area contributed by atoms with E-state index in [1.165, 1.54) is 12.1 Å². The molecule has 2 atom stereocenters. The lowest BCUT2D eigenvalue weighted by atomic mass is 9.82. The number of halogens is 1. The topological polar surface area (TPSA) is 98.9 Å². The Morgan fingerprint density at radius 2 is 1.90 bits per heavy atom. The van der Waals surface area contributed by atoms with Crippen LogP contribution in [0.25, 0.3) is 5.57 Å². The number of benzene rings is 1. The van der Waals surface area contributed by atoms with Crippen molar-refractivity contribution >= 4 is 11.4 Å². The van der Waals surface area contributed by atoms with Crippen molar-refractivity contribution in [2.75, 3.05) is 4.90 Å². The number of rotatable bonds is 4. The van der Waals surface area contributed by atoms with E-state index in [9.17, 15) is 4.39 Å². The Kier molecular flexibility index (Phi) is 4.63. The highest BCUT2D eigenvalue weighted by Gasteiger charge is 2.42. The third-order valence-corrected chi connectivity index (χ3v) is 5.22. The van der Waals surface area contributed by atoms with Gasteiger partial charge in [0.2, 0.25) is 0 Å². The lowest BCUT2D eigenvalue weighted by Crippen LogP contribution is -2.60. The van der Waals surface area contributed by atoms with Crippen LogP contribution in [0.3, 0.4) is 0 Å². The predicted octanol–water partition coefficient (Wildman–Crippen LogP) is 2.51. The first-order chi connectivity index (χ1) is 13.9. The number of aryl methyl sites for hydroxylation is 1. The summed E-state index contributed by atoms with van der Waals surface area (Å²) in [5, 5.41) is 4.24. The van der Waals surface area contributed by atoms with Crippen LogP contribution >= 0.6 is 0 Å². The Labute approximate surface area is 168 Å². The van der Waals surface area contributed by atoms with E-state index in [0.29, 0.717) is 11.6 Å². The zero-order chi connectivity index (χ0) is 20.6. The highest BCUT2D eigenvalue weighted by atomic mass is 19.1. The van der Waals surface area contributed by atoms with Crippen LogP contribution < -0.4 is 16.4 Å². The Morgan fingerprint density at radius 3 is 2.52 bits per heavy atom. The molecule has 0 amide bonds. The molecule has 29 heavy (non-hydrogen) atoms. The molecule has 0 aliphatic carbocycles. The standard InChI is InChI=1S/C21H22FN7/c1-14(15-3-5-18(22)6-4-15)21(24)10-16(17-11-27-28(2)13-17)9-19(23)29(21)20-12-25-7-8-26-20/h3-14H,23-24H2,1-2H3. The molecule has 1 aliphatic heterocycles. The molecular formula is C21H22FN7. The van der Waals surface area contributed by atoms with Gasteiger partial charge in [0.25, 0.3) is 0 Å². The van der Waals surface area contributed by atoms with Gasteiger partial charge in [0.05, 0.1) is 12.4 Å². The van der Waals surface area contributed by atoms with Crippen molar-refractivity contribution in [1.82, 2.24) is 19.7 Å². The summed E-state index contributed by atoms with van der Waals surface area (Å²) >= 11 is 0. The molecule has 1 aliphatic rings. The van der Waals surface area contributed by atoms with Crippen molar-refractivity contribution in [1.29, 1.82) is 0 Å². The van der Waals surface area contributed by atoms with Gasteiger partial charge in [0, 0.05) is 37.1 Å². The lowest BCUT2D eigenvalue weighted by Gasteiger charge is -2.46. The fourth-order valence-electron chi connectivity index (χ4n) is 3.61. The molecular weight excluding hydrogens is 369 g/mol. The van der Waals surface area contributed by atoms with E-state index >= 15 is 0 Å². The molecule has 0 saturated heterocycles. The summed E-state index contributed by atoms with van der Waals surface area (Å²) < 4.78 is 15.2. The number of hydrogen-bond donors (Lipinski definition) is 2. The summed E-state index contributed by atoms with van der Waals surface area (Å²) in [4.78, 5) is 10.3. The fraction of sp³-hybridized carbons (Fsp3) is 0.190. The molecule has 8 heteroatoms. The molecule has 3 aromatic rings. The van der Waals surface area contributed by atoms with Gasteiger partial charge in [-0.15, -0.1) is 0 Å². The first-order valence-corrected chi connectivity index (χ1v) is 9.18. The molecule has 0 spiro atoms. The molecule has 2 aromatic heterocycles. The molecule has 7 nitrogen and oxygen atoms in total. The van der Waals surface area contributed by atoms with Crippen LogP contribution in [0.5, 0.6) is 0 Å². The summed E-state index contributed by atoms with van der Waals surface area (Å²) in [6.45, 7) is 1.98. The molecule has 0 saturated carbocycles. The van der Waals surface area contributed by atoms with Gasteiger partial charge < -0.3 is 11.5 Å². The smallest absolute Gasteiger partial charge is 0.154 e. The molecule has 4 rings (SSSR count). The Hall–Kier alpha value is -3.52. The Bertz CT molecular complexity index is 1070. The van der Waals surface area contributed by atoms with Crippen molar-refractivity contribution in [3.8, 4) is 0 Å². The van der Waals surface area contributed by atoms with Crippen LogP contribution in [0.1, 0.15) is 24.0 Å². The summed E-state index contributed by atoms with van der Waals surface area (Å²) in [6, 6.07) is 6.32. The van der Waals surface area contributed by atoms with Gasteiger partial charge in [-0.3, -0.25) is 14.6 Å². The van der Waals surface area contributed by atoms with Crippen LogP contribution in [0.4, 0.5) is 10.2 Å². The third-order valence-electron chi connectivity index (χ3n) is 5.22. The molecule has 2 unspecified atom stereocenters. The maximum atomic E-state index is 13.5. The van der Waals surface area contributed by atoms with E-state index in [-0.39, 0.29) is 11.7 Å². The van der Waals surface area contributed by atoms with Gasteiger partial charge in [0.15, 0.2) is 5.82 Å². The minimum Gasteiger partial charge on any atom is -0.385 e. The number of nitrogens with zero attached hydrogens (tertiary/aromatic N) is 5. The van der Waals surface area contributed by atoms with E-state index < -0.39 is 5.66 Å². The van der Waals surface area contributed by atoms with E-state index in [4.69, 9.17) is 11.5 Å². The second-order valence-corrected chi connectivity index (χ2v) is 7.13. The van der Waals surface area contributed by atoms with Crippen molar-refractivity contribution < 1.29 is 4.39 Å².